The fourth-order valence-electron chi connectivity index (χ4n) is 6.91. The third-order valence-electron chi connectivity index (χ3n) is 10.6. The average Bonchev–Trinajstić information content (AvgIpc) is 3.28. The van der Waals surface area contributed by atoms with Crippen molar-refractivity contribution in [3.05, 3.63) is 154 Å². The van der Waals surface area contributed by atoms with E-state index in [1.54, 1.807) is 54.0 Å². The standard InChI is InChI=1S/C18H23NO3.C16H18FN3O3.C15H14O3/c1-13(2-3-14-4-7-16(20)8-5-14)19-11-10-15-6-9-17(21)18(22)12-15;1-2-19-9-11(16(22)23)15(21)10-7-12(17)14(8-13(10)19)20-5-3-18-4-6-20;1-11(15(16)17)12-6-5-9-14(10-12)18-13-7-3-2-4-8-13/h4-9,12-13,19-22H,2-3,10-11H2,1H3;7-9,18H,2-6H2,1H3,(H,22,23);2-11H,1H3,(H,16,17). The van der Waals surface area contributed by atoms with E-state index in [-0.39, 0.29) is 22.4 Å². The van der Waals surface area contributed by atoms with E-state index in [1.807, 2.05) is 66.4 Å². The van der Waals surface area contributed by atoms with E-state index < -0.39 is 29.1 Å². The number of hydrogen-bond donors (Lipinski definition) is 7. The Morgan fingerprint density at radius 1 is 0.810 bits per heavy atom. The number of carbonyl (C=O) groups is 2. The summed E-state index contributed by atoms with van der Waals surface area (Å²) in [7, 11) is 0. The molecule has 63 heavy (non-hydrogen) atoms. The molecule has 6 aromatic rings. The van der Waals surface area contributed by atoms with Crippen molar-refractivity contribution in [1.82, 2.24) is 15.2 Å². The molecule has 1 aliphatic heterocycles. The number of hydrogen-bond acceptors (Lipinski definition) is 10. The summed E-state index contributed by atoms with van der Waals surface area (Å²) in [6.07, 6.45) is 4.11. The van der Waals surface area contributed by atoms with Crippen molar-refractivity contribution in [1.29, 1.82) is 0 Å². The summed E-state index contributed by atoms with van der Waals surface area (Å²) in [6, 6.07) is 32.0. The molecule has 1 saturated heterocycles. The Kier molecular flexibility index (Phi) is 17.1. The van der Waals surface area contributed by atoms with Crippen LogP contribution in [-0.2, 0) is 24.2 Å². The number of anilines is 1. The Morgan fingerprint density at radius 2 is 1.49 bits per heavy atom. The Balaban J connectivity index is 0.000000180. The van der Waals surface area contributed by atoms with Crippen molar-refractivity contribution < 1.29 is 44.2 Å². The second-order valence-corrected chi connectivity index (χ2v) is 15.2. The maximum absolute atomic E-state index is 14.5. The fraction of sp³-hybridized carbons (Fsp3) is 0.286. The summed E-state index contributed by atoms with van der Waals surface area (Å²) >= 11 is 0. The van der Waals surface area contributed by atoms with Crippen LogP contribution in [0.25, 0.3) is 10.9 Å². The van der Waals surface area contributed by atoms with Gasteiger partial charge in [0.2, 0.25) is 5.43 Å². The van der Waals surface area contributed by atoms with Crippen molar-refractivity contribution in [3.8, 4) is 28.7 Å². The second kappa shape index (κ2) is 22.8. The molecule has 14 heteroatoms. The van der Waals surface area contributed by atoms with Gasteiger partial charge in [0.05, 0.1) is 17.1 Å². The van der Waals surface area contributed by atoms with Crippen LogP contribution in [0.1, 0.15) is 60.2 Å². The molecule has 1 aromatic heterocycles. The van der Waals surface area contributed by atoms with Gasteiger partial charge in [0, 0.05) is 50.3 Å². The number of para-hydroxylation sites is 1. The molecule has 0 saturated carbocycles. The van der Waals surface area contributed by atoms with Gasteiger partial charge >= 0.3 is 11.9 Å². The zero-order valence-electron chi connectivity index (χ0n) is 35.6. The second-order valence-electron chi connectivity index (χ2n) is 15.2. The summed E-state index contributed by atoms with van der Waals surface area (Å²) < 4.78 is 21.8. The van der Waals surface area contributed by atoms with Crippen LogP contribution >= 0.6 is 0 Å². The lowest BCUT2D eigenvalue weighted by Gasteiger charge is -2.30. The molecule has 13 nitrogen and oxygen atoms in total. The number of pyridine rings is 1. The molecule has 0 amide bonds. The molecule has 1 aliphatic rings. The highest BCUT2D eigenvalue weighted by Gasteiger charge is 2.20. The SMILES string of the molecule is CC(C(=O)O)c1cccc(Oc2ccccc2)c1.CC(CCc1ccc(O)cc1)NCCc1ccc(O)c(O)c1.CCn1cc(C(=O)O)c(=O)c2cc(F)c(N3CCNCC3)cc21. The number of nitrogens with one attached hydrogen (secondary N) is 2. The molecule has 7 N–H and O–H groups in total. The Hall–Kier alpha value is -6.90. The number of benzene rings is 5. The number of piperazine rings is 1. The molecule has 0 bridgehead atoms. The van der Waals surface area contributed by atoms with E-state index in [0.717, 1.165) is 61.8 Å². The average molecular weight is 863 g/mol. The van der Waals surface area contributed by atoms with Gasteiger partial charge < -0.3 is 50.4 Å². The minimum absolute atomic E-state index is 0.0714. The fourth-order valence-corrected chi connectivity index (χ4v) is 6.91. The number of aryl methyl sites for hydroxylation is 2. The monoisotopic (exact) mass is 862 g/mol. The highest BCUT2D eigenvalue weighted by atomic mass is 19.1. The van der Waals surface area contributed by atoms with Gasteiger partial charge in [0.25, 0.3) is 0 Å². The number of aliphatic carboxylic acids is 1. The molecule has 1 fully saturated rings. The third kappa shape index (κ3) is 13.5. The summed E-state index contributed by atoms with van der Waals surface area (Å²) in [4.78, 5) is 36.4. The molecule has 2 heterocycles. The number of aromatic nitrogens is 1. The zero-order valence-corrected chi connectivity index (χ0v) is 35.6. The van der Waals surface area contributed by atoms with Crippen LogP contribution < -0.4 is 25.7 Å². The van der Waals surface area contributed by atoms with Crippen LogP contribution in [0.5, 0.6) is 28.7 Å². The first-order valence-electron chi connectivity index (χ1n) is 20.9. The van der Waals surface area contributed by atoms with Crippen LogP contribution in [-0.4, -0.2) is 80.8 Å². The topological polar surface area (TPSA) is 194 Å². The third-order valence-corrected chi connectivity index (χ3v) is 10.6. The van der Waals surface area contributed by atoms with Crippen molar-refractivity contribution in [2.75, 3.05) is 37.6 Å². The maximum atomic E-state index is 14.5. The number of aromatic carboxylic acids is 1. The highest BCUT2D eigenvalue weighted by Crippen LogP contribution is 2.28. The van der Waals surface area contributed by atoms with Gasteiger partial charge in [-0.25, -0.2) is 9.18 Å². The number of nitrogens with zero attached hydrogens (tertiary/aromatic N) is 2. The number of aromatic hydroxyl groups is 3. The zero-order chi connectivity index (χ0) is 45.5. The number of phenols is 3. The smallest absolute Gasteiger partial charge is 0.341 e. The van der Waals surface area contributed by atoms with Gasteiger partial charge in [-0.2, -0.15) is 0 Å². The predicted octanol–water partition coefficient (Wildman–Crippen LogP) is 7.89. The number of ether oxygens (including phenoxy) is 1. The molecule has 0 aliphatic carbocycles. The van der Waals surface area contributed by atoms with Crippen LogP contribution in [0, 0.1) is 5.82 Å². The first kappa shape index (κ1) is 47.2. The minimum Gasteiger partial charge on any atom is -0.508 e. The Bertz CT molecular complexity index is 2510. The lowest BCUT2D eigenvalue weighted by atomic mass is 10.0. The molecule has 0 spiro atoms. The Labute approximate surface area is 365 Å². The van der Waals surface area contributed by atoms with Crippen molar-refractivity contribution in [2.24, 2.45) is 0 Å². The number of rotatable bonds is 14. The summed E-state index contributed by atoms with van der Waals surface area (Å²) in [5.41, 5.74) is 2.96. The molecule has 2 atom stereocenters. The largest absolute Gasteiger partial charge is 0.508 e. The van der Waals surface area contributed by atoms with E-state index in [1.165, 1.54) is 17.8 Å². The van der Waals surface area contributed by atoms with Crippen LogP contribution in [0.3, 0.4) is 0 Å². The first-order chi connectivity index (χ1) is 30.2. The number of carboxylic acids is 2. The number of halogens is 1. The van der Waals surface area contributed by atoms with E-state index in [9.17, 15) is 34.1 Å². The van der Waals surface area contributed by atoms with E-state index >= 15 is 0 Å². The summed E-state index contributed by atoms with van der Waals surface area (Å²) in [6.45, 7) is 9.89. The lowest BCUT2D eigenvalue weighted by molar-refractivity contribution is -0.138. The number of fused-ring (bicyclic) bond motifs is 1. The molecule has 5 aromatic carbocycles. The van der Waals surface area contributed by atoms with Crippen LogP contribution in [0.4, 0.5) is 10.1 Å². The molecule has 2 unspecified atom stereocenters. The molecule has 332 valence electrons. The maximum Gasteiger partial charge on any atom is 0.341 e. The lowest BCUT2D eigenvalue weighted by Crippen LogP contribution is -2.43. The summed E-state index contributed by atoms with van der Waals surface area (Å²) in [5.74, 6) is -1.66. The van der Waals surface area contributed by atoms with E-state index in [0.29, 0.717) is 48.4 Å². The minimum atomic E-state index is -1.30. The van der Waals surface area contributed by atoms with Crippen LogP contribution in [0.15, 0.2) is 120 Å². The van der Waals surface area contributed by atoms with E-state index in [2.05, 4.69) is 17.6 Å². The summed E-state index contributed by atoms with van der Waals surface area (Å²) in [5, 5.41) is 52.9. The molecular weight excluding hydrogens is 808 g/mol. The van der Waals surface area contributed by atoms with Crippen LogP contribution in [0.2, 0.25) is 0 Å². The molecule has 0 radical (unpaired) electrons. The number of phenolic OH excluding ortho intramolecular Hbond substituents is 3. The van der Waals surface area contributed by atoms with Gasteiger partial charge in [-0.1, -0.05) is 48.5 Å². The predicted molar refractivity (Wildman–Crippen MR) is 242 cm³/mol. The van der Waals surface area contributed by atoms with Gasteiger partial charge in [-0.05, 0) is 124 Å². The number of carboxylic acid groups (broad SMARTS) is 2. The van der Waals surface area contributed by atoms with Gasteiger partial charge in [0.1, 0.15) is 28.6 Å². The van der Waals surface area contributed by atoms with Crippen molar-refractivity contribution >= 4 is 28.5 Å². The normalized spacial score (nSPS) is 13.2. The van der Waals surface area contributed by atoms with Crippen molar-refractivity contribution in [2.45, 2.75) is 58.5 Å². The molecule has 7 rings (SSSR count). The first-order valence-corrected chi connectivity index (χ1v) is 20.9. The highest BCUT2D eigenvalue weighted by molar-refractivity contribution is 5.93. The Morgan fingerprint density at radius 3 is 2.14 bits per heavy atom. The van der Waals surface area contributed by atoms with Crippen molar-refractivity contribution in [3.63, 3.8) is 0 Å². The van der Waals surface area contributed by atoms with Gasteiger partial charge in [-0.15, -0.1) is 0 Å². The van der Waals surface area contributed by atoms with Gasteiger partial charge in [0.15, 0.2) is 11.5 Å². The quantitative estimate of drug-likeness (QED) is 0.0525. The molecular formula is C49H55FN4O9. The van der Waals surface area contributed by atoms with Gasteiger partial charge in [-0.3, -0.25) is 9.59 Å². The van der Waals surface area contributed by atoms with E-state index in [4.69, 9.17) is 14.9 Å².